The van der Waals surface area contributed by atoms with E-state index in [2.05, 4.69) is 50.8 Å². The van der Waals surface area contributed by atoms with Gasteiger partial charge in [0, 0.05) is 13.1 Å². The van der Waals surface area contributed by atoms with Crippen molar-refractivity contribution in [2.45, 2.75) is 41.0 Å². The molecule has 0 N–H and O–H groups in total. The highest BCUT2D eigenvalue weighted by Crippen LogP contribution is 2.35. The molecule has 1 heterocycles. The molecule has 2 aromatic carbocycles. The van der Waals surface area contributed by atoms with E-state index in [1.165, 1.54) is 16.9 Å². The Balaban J connectivity index is 1.94. The Morgan fingerprint density at radius 1 is 1.03 bits per heavy atom. The van der Waals surface area contributed by atoms with Crippen molar-refractivity contribution in [2.24, 2.45) is 0 Å². The minimum absolute atomic E-state index is 0.0712. The summed E-state index contributed by atoms with van der Waals surface area (Å²) in [7, 11) is 0. The summed E-state index contributed by atoms with van der Waals surface area (Å²) in [5, 5.41) is 1.41. The van der Waals surface area contributed by atoms with Crippen LogP contribution in [0, 0.1) is 20.8 Å². The number of halogens is 1. The van der Waals surface area contributed by atoms with Gasteiger partial charge >= 0.3 is 0 Å². The first-order chi connectivity index (χ1) is 14.3. The molecule has 0 saturated carbocycles. The van der Waals surface area contributed by atoms with Gasteiger partial charge in [0.25, 0.3) is 0 Å². The average Bonchev–Trinajstić information content (AvgIpc) is 3.16. The van der Waals surface area contributed by atoms with Crippen LogP contribution >= 0.6 is 22.9 Å². The van der Waals surface area contributed by atoms with Crippen LogP contribution < -0.4 is 4.90 Å². The van der Waals surface area contributed by atoms with Crippen molar-refractivity contribution in [2.75, 3.05) is 31.1 Å². The molecule has 1 aromatic heterocycles. The lowest BCUT2D eigenvalue weighted by Gasteiger charge is -2.25. The molecule has 0 bridgehead atoms. The highest BCUT2D eigenvalue weighted by molar-refractivity contribution is 7.23. The number of likely N-dealkylation sites (N-methyl/N-ethyl adjacent to an activating group) is 1. The first-order valence-electron chi connectivity index (χ1n) is 10.5. The maximum Gasteiger partial charge on any atom is 0.233 e. The van der Waals surface area contributed by atoms with E-state index in [1.807, 2.05) is 24.0 Å². The molecule has 0 unspecified atom stereocenters. The lowest BCUT2D eigenvalue weighted by Crippen LogP contribution is -2.39. The highest BCUT2D eigenvalue weighted by Gasteiger charge is 2.22. The number of anilines is 1. The van der Waals surface area contributed by atoms with Crippen molar-refractivity contribution in [1.82, 2.24) is 9.88 Å². The SMILES string of the molecule is CCN(CC)CCN(C(=O)Cc1ccc(C)cc1C)c1nc2c(C)ccc(Cl)c2s1. The molecule has 0 fully saturated rings. The van der Waals surface area contributed by atoms with Gasteiger partial charge in [-0.05, 0) is 56.6 Å². The molecule has 4 nitrogen and oxygen atoms in total. The molecule has 0 radical (unpaired) electrons. The van der Waals surface area contributed by atoms with Crippen LogP contribution in [0.2, 0.25) is 5.02 Å². The van der Waals surface area contributed by atoms with Gasteiger partial charge in [-0.15, -0.1) is 0 Å². The van der Waals surface area contributed by atoms with Crippen molar-refractivity contribution in [3.63, 3.8) is 0 Å². The van der Waals surface area contributed by atoms with E-state index in [1.54, 1.807) is 0 Å². The molecule has 3 rings (SSSR count). The van der Waals surface area contributed by atoms with Crippen LogP contribution in [0.25, 0.3) is 10.2 Å². The third kappa shape index (κ3) is 5.02. The van der Waals surface area contributed by atoms with E-state index in [-0.39, 0.29) is 5.91 Å². The smallest absolute Gasteiger partial charge is 0.233 e. The highest BCUT2D eigenvalue weighted by atomic mass is 35.5. The molecule has 0 aliphatic heterocycles. The van der Waals surface area contributed by atoms with Gasteiger partial charge in [0.05, 0.1) is 21.7 Å². The van der Waals surface area contributed by atoms with E-state index in [9.17, 15) is 4.79 Å². The van der Waals surface area contributed by atoms with Gasteiger partial charge in [0.15, 0.2) is 5.13 Å². The van der Waals surface area contributed by atoms with Crippen LogP contribution in [-0.2, 0) is 11.2 Å². The quantitative estimate of drug-likeness (QED) is 0.442. The second kappa shape index (κ2) is 9.90. The number of nitrogens with zero attached hydrogens (tertiary/aromatic N) is 3. The number of benzene rings is 2. The second-order valence-corrected chi connectivity index (χ2v) is 9.10. The Morgan fingerprint density at radius 3 is 2.40 bits per heavy atom. The van der Waals surface area contributed by atoms with Crippen molar-refractivity contribution in [1.29, 1.82) is 0 Å². The zero-order valence-electron chi connectivity index (χ0n) is 18.5. The number of hydrogen-bond donors (Lipinski definition) is 0. The molecule has 0 atom stereocenters. The molecule has 1 amide bonds. The fraction of sp³-hybridized carbons (Fsp3) is 0.417. The van der Waals surface area contributed by atoms with Crippen LogP contribution in [0.5, 0.6) is 0 Å². The van der Waals surface area contributed by atoms with Gasteiger partial charge in [-0.3, -0.25) is 9.69 Å². The normalized spacial score (nSPS) is 11.4. The largest absolute Gasteiger partial charge is 0.302 e. The van der Waals surface area contributed by atoms with Gasteiger partial charge in [0.1, 0.15) is 0 Å². The van der Waals surface area contributed by atoms with Crippen molar-refractivity contribution in [3.05, 3.63) is 57.6 Å². The topological polar surface area (TPSA) is 36.4 Å². The molecule has 0 spiro atoms. The average molecular weight is 444 g/mol. The van der Waals surface area contributed by atoms with E-state index in [0.717, 1.165) is 51.7 Å². The Morgan fingerprint density at radius 2 is 1.77 bits per heavy atom. The lowest BCUT2D eigenvalue weighted by atomic mass is 10.0. The molecule has 30 heavy (non-hydrogen) atoms. The molecule has 6 heteroatoms. The van der Waals surface area contributed by atoms with Gasteiger partial charge in [-0.1, -0.05) is 66.6 Å². The number of aryl methyl sites for hydroxylation is 3. The number of carbonyl (C=O) groups excluding carboxylic acids is 1. The number of fused-ring (bicyclic) bond motifs is 1. The summed E-state index contributed by atoms with van der Waals surface area (Å²) in [4.78, 5) is 22.4. The number of hydrogen-bond acceptors (Lipinski definition) is 4. The summed E-state index contributed by atoms with van der Waals surface area (Å²) in [5.74, 6) is 0.0712. The molecule has 3 aromatic rings. The number of carbonyl (C=O) groups is 1. The standard InChI is InChI=1S/C24H30ClN3OS/c1-6-27(7-2)12-13-28(21(29)15-19-10-8-16(3)14-18(19)5)24-26-22-17(4)9-11-20(25)23(22)30-24/h8-11,14H,6-7,12-13,15H2,1-5H3. The van der Waals surface area contributed by atoms with Crippen LogP contribution in [-0.4, -0.2) is 42.0 Å². The van der Waals surface area contributed by atoms with E-state index in [4.69, 9.17) is 16.6 Å². The minimum Gasteiger partial charge on any atom is -0.302 e. The fourth-order valence-electron chi connectivity index (χ4n) is 3.62. The predicted octanol–water partition coefficient (Wildman–Crippen LogP) is 5.79. The van der Waals surface area contributed by atoms with E-state index >= 15 is 0 Å². The molecule has 0 aliphatic carbocycles. The molecular weight excluding hydrogens is 414 g/mol. The number of aromatic nitrogens is 1. The van der Waals surface area contributed by atoms with Crippen LogP contribution in [0.1, 0.15) is 36.1 Å². The summed E-state index contributed by atoms with van der Waals surface area (Å²) in [5.41, 5.74) is 5.37. The fourth-order valence-corrected chi connectivity index (χ4v) is 4.98. The van der Waals surface area contributed by atoms with E-state index < -0.39 is 0 Å². The molecule has 0 saturated heterocycles. The maximum absolute atomic E-state index is 13.4. The number of amides is 1. The third-order valence-electron chi connectivity index (χ3n) is 5.59. The Bertz CT molecular complexity index is 1000. The first-order valence-corrected chi connectivity index (χ1v) is 11.7. The summed E-state index contributed by atoms with van der Waals surface area (Å²) in [6.45, 7) is 13.8. The van der Waals surface area contributed by atoms with Gasteiger partial charge in [-0.2, -0.15) is 0 Å². The van der Waals surface area contributed by atoms with Crippen LogP contribution in [0.15, 0.2) is 30.3 Å². The zero-order chi connectivity index (χ0) is 21.8. The predicted molar refractivity (Wildman–Crippen MR) is 129 cm³/mol. The lowest BCUT2D eigenvalue weighted by molar-refractivity contribution is -0.118. The Labute approximate surface area is 188 Å². The monoisotopic (exact) mass is 443 g/mol. The van der Waals surface area contributed by atoms with Crippen molar-refractivity contribution >= 4 is 44.2 Å². The summed E-state index contributed by atoms with van der Waals surface area (Å²) < 4.78 is 0.943. The first kappa shape index (κ1) is 22.7. The Kier molecular flexibility index (Phi) is 7.50. The molecule has 0 aliphatic rings. The van der Waals surface area contributed by atoms with Crippen LogP contribution in [0.4, 0.5) is 5.13 Å². The third-order valence-corrected chi connectivity index (χ3v) is 7.13. The van der Waals surface area contributed by atoms with Crippen molar-refractivity contribution in [3.8, 4) is 0 Å². The molecular formula is C24H30ClN3OS. The molecule has 160 valence electrons. The number of thiazole rings is 1. The van der Waals surface area contributed by atoms with E-state index in [0.29, 0.717) is 18.0 Å². The Hall–Kier alpha value is -1.95. The summed E-state index contributed by atoms with van der Waals surface area (Å²) in [6, 6.07) is 10.1. The van der Waals surface area contributed by atoms with Gasteiger partial charge in [0.2, 0.25) is 5.91 Å². The minimum atomic E-state index is 0.0712. The maximum atomic E-state index is 13.4. The number of rotatable bonds is 8. The van der Waals surface area contributed by atoms with Gasteiger partial charge in [-0.25, -0.2) is 4.98 Å². The summed E-state index contributed by atoms with van der Waals surface area (Å²) >= 11 is 7.93. The zero-order valence-corrected chi connectivity index (χ0v) is 20.0. The summed E-state index contributed by atoms with van der Waals surface area (Å²) in [6.07, 6.45) is 0.368. The van der Waals surface area contributed by atoms with Gasteiger partial charge < -0.3 is 4.90 Å². The second-order valence-electron chi connectivity index (χ2n) is 7.72. The van der Waals surface area contributed by atoms with Crippen LogP contribution in [0.3, 0.4) is 0 Å². The van der Waals surface area contributed by atoms with Crippen molar-refractivity contribution < 1.29 is 4.79 Å².